The Morgan fingerprint density at radius 1 is 1.50 bits per heavy atom. The maximum absolute atomic E-state index is 11.9. The lowest BCUT2D eigenvalue weighted by molar-refractivity contribution is -0.125. The van der Waals surface area contributed by atoms with Crippen LogP contribution in [0.5, 0.6) is 5.75 Å². The molecule has 0 fully saturated rings. The van der Waals surface area contributed by atoms with Gasteiger partial charge in [0.05, 0.1) is 5.69 Å². The highest BCUT2D eigenvalue weighted by Crippen LogP contribution is 2.34. The molecule has 0 bridgehead atoms. The predicted octanol–water partition coefficient (Wildman–Crippen LogP) is 1.98. The van der Waals surface area contributed by atoms with Gasteiger partial charge in [0.1, 0.15) is 12.3 Å². The fourth-order valence-corrected chi connectivity index (χ4v) is 2.12. The first-order valence-corrected chi connectivity index (χ1v) is 6.99. The Morgan fingerprint density at radius 3 is 3.05 bits per heavy atom. The standard InChI is InChI=1S/C14H17ClN2O3/c1-2-3-6-16-13(18)8-17-11-7-10(15)4-5-12(11)20-9-14(17)19/h4-5,7H,2-3,6,8-9H2,1H3,(H,16,18). The molecule has 2 amide bonds. The first-order chi connectivity index (χ1) is 9.61. The van der Waals surface area contributed by atoms with E-state index in [9.17, 15) is 9.59 Å². The molecule has 108 valence electrons. The second-order valence-electron chi connectivity index (χ2n) is 4.58. The van der Waals surface area contributed by atoms with E-state index in [0.717, 1.165) is 12.8 Å². The first-order valence-electron chi connectivity index (χ1n) is 6.61. The molecule has 0 saturated heterocycles. The molecule has 20 heavy (non-hydrogen) atoms. The fourth-order valence-electron chi connectivity index (χ4n) is 1.95. The van der Waals surface area contributed by atoms with Crippen molar-refractivity contribution in [2.45, 2.75) is 19.8 Å². The van der Waals surface area contributed by atoms with Gasteiger partial charge in [0, 0.05) is 11.6 Å². The van der Waals surface area contributed by atoms with Gasteiger partial charge in [-0.1, -0.05) is 24.9 Å². The smallest absolute Gasteiger partial charge is 0.265 e. The Bertz CT molecular complexity index is 519. The van der Waals surface area contributed by atoms with Crippen molar-refractivity contribution >= 4 is 29.1 Å². The zero-order valence-corrected chi connectivity index (χ0v) is 12.1. The van der Waals surface area contributed by atoms with E-state index in [1.54, 1.807) is 18.2 Å². The monoisotopic (exact) mass is 296 g/mol. The number of nitrogens with one attached hydrogen (secondary N) is 1. The van der Waals surface area contributed by atoms with Gasteiger partial charge in [-0.25, -0.2) is 0 Å². The third-order valence-corrected chi connectivity index (χ3v) is 3.25. The van der Waals surface area contributed by atoms with Gasteiger partial charge >= 0.3 is 0 Å². The van der Waals surface area contributed by atoms with Crippen LogP contribution in [-0.4, -0.2) is 31.5 Å². The van der Waals surface area contributed by atoms with Crippen LogP contribution in [0, 0.1) is 0 Å². The van der Waals surface area contributed by atoms with Crippen LogP contribution in [0.2, 0.25) is 5.02 Å². The molecule has 1 aliphatic heterocycles. The van der Waals surface area contributed by atoms with Crippen molar-refractivity contribution in [2.24, 2.45) is 0 Å². The number of hydrogen-bond donors (Lipinski definition) is 1. The number of halogens is 1. The Morgan fingerprint density at radius 2 is 2.30 bits per heavy atom. The number of unbranched alkanes of at least 4 members (excludes halogenated alkanes) is 1. The van der Waals surface area contributed by atoms with Crippen LogP contribution in [0.1, 0.15) is 19.8 Å². The molecule has 0 aliphatic carbocycles. The van der Waals surface area contributed by atoms with Crippen molar-refractivity contribution in [3.8, 4) is 5.75 Å². The van der Waals surface area contributed by atoms with Gasteiger partial charge in [0.25, 0.3) is 5.91 Å². The number of amides is 2. The van der Waals surface area contributed by atoms with Crippen molar-refractivity contribution in [1.29, 1.82) is 0 Å². The molecule has 0 radical (unpaired) electrons. The molecule has 0 saturated carbocycles. The van der Waals surface area contributed by atoms with E-state index in [1.807, 2.05) is 0 Å². The van der Waals surface area contributed by atoms with Gasteiger partial charge in [0.2, 0.25) is 5.91 Å². The number of ether oxygens (including phenoxy) is 1. The molecular formula is C14H17ClN2O3. The molecular weight excluding hydrogens is 280 g/mol. The molecule has 0 atom stereocenters. The quantitative estimate of drug-likeness (QED) is 0.845. The second-order valence-corrected chi connectivity index (χ2v) is 5.02. The molecule has 5 nitrogen and oxygen atoms in total. The first kappa shape index (κ1) is 14.7. The molecule has 6 heteroatoms. The largest absolute Gasteiger partial charge is 0.482 e. The summed E-state index contributed by atoms with van der Waals surface area (Å²) in [4.78, 5) is 25.2. The number of hydrogen-bond acceptors (Lipinski definition) is 3. The third-order valence-electron chi connectivity index (χ3n) is 3.02. The van der Waals surface area contributed by atoms with E-state index in [-0.39, 0.29) is 25.0 Å². The molecule has 0 aromatic heterocycles. The molecule has 1 heterocycles. The molecule has 0 spiro atoms. The highest BCUT2D eigenvalue weighted by Gasteiger charge is 2.27. The van der Waals surface area contributed by atoms with Gasteiger partial charge in [-0.3, -0.25) is 14.5 Å². The lowest BCUT2D eigenvalue weighted by Crippen LogP contribution is -2.45. The minimum Gasteiger partial charge on any atom is -0.482 e. The highest BCUT2D eigenvalue weighted by atomic mass is 35.5. The van der Waals surface area contributed by atoms with Crippen molar-refractivity contribution < 1.29 is 14.3 Å². The molecule has 1 N–H and O–H groups in total. The van der Waals surface area contributed by atoms with Gasteiger partial charge in [-0.2, -0.15) is 0 Å². The number of carbonyl (C=O) groups is 2. The van der Waals surface area contributed by atoms with Crippen LogP contribution >= 0.6 is 11.6 Å². The summed E-state index contributed by atoms with van der Waals surface area (Å²) in [5, 5.41) is 3.29. The van der Waals surface area contributed by atoms with E-state index in [4.69, 9.17) is 16.3 Å². The highest BCUT2D eigenvalue weighted by molar-refractivity contribution is 6.31. The Labute approximate surface area is 122 Å². The maximum atomic E-state index is 11.9. The Hall–Kier alpha value is -1.75. The number of nitrogens with zero attached hydrogens (tertiary/aromatic N) is 1. The maximum Gasteiger partial charge on any atom is 0.265 e. The predicted molar refractivity (Wildman–Crippen MR) is 77.2 cm³/mol. The summed E-state index contributed by atoms with van der Waals surface area (Å²) in [6.07, 6.45) is 1.93. The fraction of sp³-hybridized carbons (Fsp3) is 0.429. The van der Waals surface area contributed by atoms with Crippen LogP contribution in [0.4, 0.5) is 5.69 Å². The summed E-state index contributed by atoms with van der Waals surface area (Å²) in [6.45, 7) is 2.60. The number of carbonyl (C=O) groups excluding carboxylic acids is 2. The van der Waals surface area contributed by atoms with E-state index in [1.165, 1.54) is 4.90 Å². The molecule has 0 unspecified atom stereocenters. The van der Waals surface area contributed by atoms with Crippen molar-refractivity contribution in [1.82, 2.24) is 5.32 Å². The van der Waals surface area contributed by atoms with Crippen LogP contribution in [0.3, 0.4) is 0 Å². The van der Waals surface area contributed by atoms with Crippen LogP contribution in [-0.2, 0) is 9.59 Å². The van der Waals surface area contributed by atoms with Gasteiger partial charge in [-0.05, 0) is 24.6 Å². The summed E-state index contributed by atoms with van der Waals surface area (Å²) in [5.41, 5.74) is 0.541. The zero-order chi connectivity index (χ0) is 14.5. The lowest BCUT2D eigenvalue weighted by Gasteiger charge is -2.29. The van der Waals surface area contributed by atoms with E-state index < -0.39 is 0 Å². The lowest BCUT2D eigenvalue weighted by atomic mass is 10.2. The van der Waals surface area contributed by atoms with E-state index in [2.05, 4.69) is 12.2 Å². The van der Waals surface area contributed by atoms with Gasteiger partial charge in [0.15, 0.2) is 6.61 Å². The van der Waals surface area contributed by atoms with Crippen molar-refractivity contribution in [3.63, 3.8) is 0 Å². The minimum absolute atomic E-state index is 0.0146. The van der Waals surface area contributed by atoms with Crippen molar-refractivity contribution in [3.05, 3.63) is 23.2 Å². The summed E-state index contributed by atoms with van der Waals surface area (Å²) >= 11 is 5.93. The summed E-state index contributed by atoms with van der Waals surface area (Å²) in [7, 11) is 0. The zero-order valence-electron chi connectivity index (χ0n) is 11.3. The molecule has 1 aromatic rings. The minimum atomic E-state index is -0.245. The summed E-state index contributed by atoms with van der Waals surface area (Å²) in [5.74, 6) is 0.139. The average Bonchev–Trinajstić information content (AvgIpc) is 2.42. The molecule has 1 aliphatic rings. The van der Waals surface area contributed by atoms with Crippen molar-refractivity contribution in [2.75, 3.05) is 24.6 Å². The number of rotatable bonds is 5. The summed E-state index contributed by atoms with van der Waals surface area (Å²) in [6, 6.07) is 5.02. The van der Waals surface area contributed by atoms with Gasteiger partial charge < -0.3 is 10.1 Å². The SMILES string of the molecule is CCCCNC(=O)CN1C(=O)COc2ccc(Cl)cc21. The van der Waals surface area contributed by atoms with Gasteiger partial charge in [-0.15, -0.1) is 0 Å². The third kappa shape index (κ3) is 3.42. The number of benzene rings is 1. The Balaban J connectivity index is 2.09. The van der Waals surface area contributed by atoms with Crippen LogP contribution < -0.4 is 15.0 Å². The average molecular weight is 297 g/mol. The summed E-state index contributed by atoms with van der Waals surface area (Å²) < 4.78 is 5.32. The number of fused-ring (bicyclic) bond motifs is 1. The molecule has 1 aromatic carbocycles. The van der Waals surface area contributed by atoms with Crippen LogP contribution in [0.15, 0.2) is 18.2 Å². The van der Waals surface area contributed by atoms with Crippen LogP contribution in [0.25, 0.3) is 0 Å². The van der Waals surface area contributed by atoms with E-state index >= 15 is 0 Å². The normalized spacial score (nSPS) is 13.7. The van der Waals surface area contributed by atoms with E-state index in [0.29, 0.717) is 23.0 Å². The topological polar surface area (TPSA) is 58.6 Å². The Kier molecular flexibility index (Phi) is 4.84. The molecule has 2 rings (SSSR count). The second kappa shape index (κ2) is 6.61. The number of anilines is 1.